The normalized spacial score (nSPS) is 14.4. The van der Waals surface area contributed by atoms with Gasteiger partial charge in [-0.05, 0) is 24.6 Å². The highest BCUT2D eigenvalue weighted by Crippen LogP contribution is 2.23. The molecule has 3 nitrogen and oxygen atoms in total. The Labute approximate surface area is 107 Å². The van der Waals surface area contributed by atoms with Crippen LogP contribution in [0.4, 0.5) is 11.4 Å². The van der Waals surface area contributed by atoms with Crippen molar-refractivity contribution in [3.63, 3.8) is 0 Å². The van der Waals surface area contributed by atoms with Gasteiger partial charge in [0.05, 0.1) is 11.4 Å². The van der Waals surface area contributed by atoms with Crippen LogP contribution in [-0.4, -0.2) is 22.3 Å². The summed E-state index contributed by atoms with van der Waals surface area (Å²) >= 11 is 3.40. The van der Waals surface area contributed by atoms with E-state index >= 15 is 0 Å². The smallest absolute Gasteiger partial charge is 0.0585 e. The van der Waals surface area contributed by atoms with Gasteiger partial charge in [0, 0.05) is 33.3 Å². The van der Waals surface area contributed by atoms with E-state index in [1.807, 2.05) is 25.1 Å². The van der Waals surface area contributed by atoms with Crippen LogP contribution in [0, 0.1) is 0 Å². The highest BCUT2D eigenvalue weighted by molar-refractivity contribution is 9.10. The average molecular weight is 305 g/mol. The Hall–Kier alpha value is -0.550. The van der Waals surface area contributed by atoms with Gasteiger partial charge in [-0.15, -0.1) is 0 Å². The van der Waals surface area contributed by atoms with E-state index in [2.05, 4.69) is 21.2 Å². The lowest BCUT2D eigenvalue weighted by atomic mass is 10.2. The molecule has 0 saturated carbocycles. The molecule has 0 spiro atoms. The second kappa shape index (κ2) is 6.25. The van der Waals surface area contributed by atoms with E-state index in [0.717, 1.165) is 28.8 Å². The molecule has 5 heteroatoms. The van der Waals surface area contributed by atoms with Crippen LogP contribution in [-0.2, 0) is 10.8 Å². The fourth-order valence-corrected chi connectivity index (χ4v) is 2.07. The van der Waals surface area contributed by atoms with Crippen molar-refractivity contribution in [2.75, 3.05) is 23.9 Å². The van der Waals surface area contributed by atoms with Gasteiger partial charge in [-0.1, -0.05) is 22.9 Å². The SMILES string of the molecule is CC(CCNc1cc(Br)ccc1N)S(C)=O. The van der Waals surface area contributed by atoms with Crippen LogP contribution < -0.4 is 11.1 Å². The molecule has 2 atom stereocenters. The number of anilines is 2. The molecule has 0 saturated heterocycles. The molecule has 0 amide bonds. The van der Waals surface area contributed by atoms with Gasteiger partial charge in [-0.3, -0.25) is 4.21 Å². The molecule has 90 valence electrons. The monoisotopic (exact) mass is 304 g/mol. The van der Waals surface area contributed by atoms with Gasteiger partial charge in [-0.2, -0.15) is 0 Å². The molecule has 2 unspecified atom stereocenters. The maximum Gasteiger partial charge on any atom is 0.0585 e. The van der Waals surface area contributed by atoms with Crippen molar-refractivity contribution in [1.82, 2.24) is 0 Å². The molecule has 0 heterocycles. The summed E-state index contributed by atoms with van der Waals surface area (Å²) in [6.07, 6.45) is 2.60. The van der Waals surface area contributed by atoms with Crippen molar-refractivity contribution < 1.29 is 4.21 Å². The van der Waals surface area contributed by atoms with Gasteiger partial charge in [0.25, 0.3) is 0 Å². The molecule has 0 fully saturated rings. The van der Waals surface area contributed by atoms with Crippen LogP contribution in [0.1, 0.15) is 13.3 Å². The Morgan fingerprint density at radius 3 is 2.88 bits per heavy atom. The lowest BCUT2D eigenvalue weighted by Crippen LogP contribution is -2.15. The number of hydrogen-bond acceptors (Lipinski definition) is 3. The molecule has 0 aromatic heterocycles. The second-order valence-corrected chi connectivity index (χ2v) is 6.47. The Bertz CT molecular complexity index is 384. The van der Waals surface area contributed by atoms with E-state index in [9.17, 15) is 4.21 Å². The zero-order valence-electron chi connectivity index (χ0n) is 9.50. The van der Waals surface area contributed by atoms with Crippen LogP contribution in [0.15, 0.2) is 22.7 Å². The number of halogens is 1. The fourth-order valence-electron chi connectivity index (χ4n) is 1.26. The summed E-state index contributed by atoms with van der Waals surface area (Å²) in [5.41, 5.74) is 7.47. The number of rotatable bonds is 5. The summed E-state index contributed by atoms with van der Waals surface area (Å²) in [6.45, 7) is 2.77. The lowest BCUT2D eigenvalue weighted by Gasteiger charge is -2.12. The van der Waals surface area contributed by atoms with E-state index in [0.29, 0.717) is 0 Å². The summed E-state index contributed by atoms with van der Waals surface area (Å²) in [6, 6.07) is 5.71. The molecule has 0 aliphatic rings. The predicted octanol–water partition coefficient (Wildman–Crippen LogP) is 2.60. The molecule has 0 aliphatic carbocycles. The van der Waals surface area contributed by atoms with E-state index in [4.69, 9.17) is 5.73 Å². The highest BCUT2D eigenvalue weighted by atomic mass is 79.9. The first-order valence-corrected chi connectivity index (χ1v) is 7.53. The van der Waals surface area contributed by atoms with Crippen LogP contribution in [0.5, 0.6) is 0 Å². The largest absolute Gasteiger partial charge is 0.397 e. The van der Waals surface area contributed by atoms with Crippen molar-refractivity contribution in [3.05, 3.63) is 22.7 Å². The van der Waals surface area contributed by atoms with Crippen LogP contribution in [0.3, 0.4) is 0 Å². The van der Waals surface area contributed by atoms with E-state index in [1.54, 1.807) is 6.26 Å². The zero-order chi connectivity index (χ0) is 12.1. The standard InChI is InChI=1S/C11H17BrN2OS/c1-8(16(2)15)5-6-14-11-7-9(12)3-4-10(11)13/h3-4,7-8,14H,5-6,13H2,1-2H3. The first-order valence-electron chi connectivity index (χ1n) is 5.12. The van der Waals surface area contributed by atoms with Crippen molar-refractivity contribution in [2.24, 2.45) is 0 Å². The Morgan fingerprint density at radius 1 is 1.56 bits per heavy atom. The first kappa shape index (κ1) is 13.5. The third kappa shape index (κ3) is 4.14. The van der Waals surface area contributed by atoms with E-state index in [1.165, 1.54) is 0 Å². The predicted molar refractivity (Wildman–Crippen MR) is 75.2 cm³/mol. The second-order valence-electron chi connectivity index (χ2n) is 3.76. The molecule has 0 aliphatic heterocycles. The fraction of sp³-hybridized carbons (Fsp3) is 0.455. The van der Waals surface area contributed by atoms with Crippen LogP contribution in [0.2, 0.25) is 0 Å². The number of hydrogen-bond donors (Lipinski definition) is 2. The van der Waals surface area contributed by atoms with E-state index < -0.39 is 10.8 Å². The number of nitrogen functional groups attached to an aromatic ring is 1. The minimum absolute atomic E-state index is 0.209. The Morgan fingerprint density at radius 2 is 2.25 bits per heavy atom. The quantitative estimate of drug-likeness (QED) is 0.822. The summed E-state index contributed by atoms with van der Waals surface area (Å²) in [5, 5.41) is 3.46. The molecular formula is C11H17BrN2OS. The van der Waals surface area contributed by atoms with Crippen molar-refractivity contribution in [1.29, 1.82) is 0 Å². The maximum absolute atomic E-state index is 11.2. The van der Waals surface area contributed by atoms with Gasteiger partial charge < -0.3 is 11.1 Å². The van der Waals surface area contributed by atoms with Gasteiger partial charge >= 0.3 is 0 Å². The van der Waals surface area contributed by atoms with Gasteiger partial charge in [0.15, 0.2) is 0 Å². The molecular weight excluding hydrogens is 288 g/mol. The van der Waals surface area contributed by atoms with Crippen LogP contribution >= 0.6 is 15.9 Å². The van der Waals surface area contributed by atoms with Crippen molar-refractivity contribution in [3.8, 4) is 0 Å². The summed E-state index contributed by atoms with van der Waals surface area (Å²) in [4.78, 5) is 0. The molecule has 0 bridgehead atoms. The topological polar surface area (TPSA) is 55.1 Å². The van der Waals surface area contributed by atoms with E-state index in [-0.39, 0.29) is 5.25 Å². The molecule has 16 heavy (non-hydrogen) atoms. The maximum atomic E-state index is 11.2. The number of benzene rings is 1. The van der Waals surface area contributed by atoms with Gasteiger partial charge in [0.2, 0.25) is 0 Å². The summed E-state index contributed by atoms with van der Waals surface area (Å²) < 4.78 is 12.2. The van der Waals surface area contributed by atoms with Crippen molar-refractivity contribution >= 4 is 38.1 Å². The summed E-state index contributed by atoms with van der Waals surface area (Å²) in [5.74, 6) is 0. The molecule has 1 aromatic carbocycles. The Kier molecular flexibility index (Phi) is 5.28. The molecule has 1 aromatic rings. The third-order valence-electron chi connectivity index (χ3n) is 2.45. The highest BCUT2D eigenvalue weighted by Gasteiger charge is 2.06. The molecule has 1 rings (SSSR count). The number of nitrogens with one attached hydrogen (secondary N) is 1. The first-order chi connectivity index (χ1) is 7.50. The van der Waals surface area contributed by atoms with Crippen molar-refractivity contribution in [2.45, 2.75) is 18.6 Å². The minimum Gasteiger partial charge on any atom is -0.397 e. The lowest BCUT2D eigenvalue weighted by molar-refractivity contribution is 0.672. The minimum atomic E-state index is -0.758. The number of nitrogens with two attached hydrogens (primary N) is 1. The molecule has 3 N–H and O–H groups in total. The van der Waals surface area contributed by atoms with Gasteiger partial charge in [0.1, 0.15) is 0 Å². The summed E-state index contributed by atoms with van der Waals surface area (Å²) in [7, 11) is -0.758. The zero-order valence-corrected chi connectivity index (χ0v) is 11.9. The van der Waals surface area contributed by atoms with Crippen LogP contribution in [0.25, 0.3) is 0 Å². The third-order valence-corrected chi connectivity index (χ3v) is 4.31. The molecule has 0 radical (unpaired) electrons. The van der Waals surface area contributed by atoms with Gasteiger partial charge in [-0.25, -0.2) is 0 Å². The average Bonchev–Trinajstić information content (AvgIpc) is 2.22. The Balaban J connectivity index is 2.48.